The number of thiazole rings is 1. The van der Waals surface area contributed by atoms with Crippen molar-refractivity contribution in [1.29, 1.82) is 0 Å². The number of anilines is 1. The quantitative estimate of drug-likeness (QED) is 0.521. The minimum atomic E-state index is -0.467. The fourth-order valence-electron chi connectivity index (χ4n) is 3.22. The highest BCUT2D eigenvalue weighted by Gasteiger charge is 2.14. The lowest BCUT2D eigenvalue weighted by Gasteiger charge is -2.14. The lowest BCUT2D eigenvalue weighted by atomic mass is 10.0. The summed E-state index contributed by atoms with van der Waals surface area (Å²) in [6.07, 6.45) is 1.67. The molecule has 0 aliphatic carbocycles. The molecule has 3 aromatic rings. The summed E-state index contributed by atoms with van der Waals surface area (Å²) in [5, 5.41) is 5.62. The molecule has 1 N–H and O–H groups in total. The van der Waals surface area contributed by atoms with Gasteiger partial charge in [-0.2, -0.15) is 0 Å². The van der Waals surface area contributed by atoms with E-state index in [1.54, 1.807) is 0 Å². The Hall–Kier alpha value is -2.99. The summed E-state index contributed by atoms with van der Waals surface area (Å²) in [6, 6.07) is 14.1. The molecule has 0 atom stereocenters. The third-order valence-corrected chi connectivity index (χ3v) is 5.71. The van der Waals surface area contributed by atoms with E-state index in [-0.39, 0.29) is 18.9 Å². The molecule has 0 saturated heterocycles. The predicted molar refractivity (Wildman–Crippen MR) is 121 cm³/mol. The molecule has 6 heteroatoms. The molecule has 0 unspecified atom stereocenters. The molecule has 1 amide bonds. The van der Waals surface area contributed by atoms with E-state index in [2.05, 4.69) is 16.4 Å². The summed E-state index contributed by atoms with van der Waals surface area (Å²) in [7, 11) is 0. The first-order valence-electron chi connectivity index (χ1n) is 10.1. The smallest absolute Gasteiger partial charge is 0.312 e. The molecule has 30 heavy (non-hydrogen) atoms. The Morgan fingerprint density at radius 2 is 1.77 bits per heavy atom. The van der Waals surface area contributed by atoms with E-state index in [0.29, 0.717) is 5.69 Å². The maximum Gasteiger partial charge on any atom is 0.312 e. The van der Waals surface area contributed by atoms with Crippen molar-refractivity contribution in [2.24, 2.45) is 0 Å². The second-order valence-corrected chi connectivity index (χ2v) is 7.92. The van der Waals surface area contributed by atoms with Crippen molar-refractivity contribution in [1.82, 2.24) is 4.98 Å². The highest BCUT2D eigenvalue weighted by Crippen LogP contribution is 2.25. The summed E-state index contributed by atoms with van der Waals surface area (Å²) in [5.74, 6) is -0.802. The van der Waals surface area contributed by atoms with Crippen LogP contribution in [0.25, 0.3) is 10.6 Å². The van der Waals surface area contributed by atoms with E-state index in [0.717, 1.165) is 45.8 Å². The first-order chi connectivity index (χ1) is 14.5. The number of hydrogen-bond donors (Lipinski definition) is 1. The highest BCUT2D eigenvalue weighted by molar-refractivity contribution is 7.13. The number of esters is 1. The van der Waals surface area contributed by atoms with Crippen molar-refractivity contribution in [3.05, 3.63) is 70.2 Å². The monoisotopic (exact) mass is 422 g/mol. The summed E-state index contributed by atoms with van der Waals surface area (Å²) in [5.41, 5.74) is 5.79. The maximum atomic E-state index is 12.3. The van der Waals surface area contributed by atoms with Crippen LogP contribution in [0.1, 0.15) is 36.2 Å². The fraction of sp³-hybridized carbons (Fsp3) is 0.292. The number of para-hydroxylation sites is 1. The molecule has 156 valence electrons. The molecule has 5 nitrogen and oxygen atoms in total. The highest BCUT2D eigenvalue weighted by atomic mass is 32.1. The van der Waals surface area contributed by atoms with Crippen molar-refractivity contribution in [3.63, 3.8) is 0 Å². The zero-order chi connectivity index (χ0) is 21.5. The Balaban J connectivity index is 1.55. The first kappa shape index (κ1) is 21.7. The molecule has 0 radical (unpaired) electrons. The second-order valence-electron chi connectivity index (χ2n) is 7.06. The molecule has 3 rings (SSSR count). The summed E-state index contributed by atoms with van der Waals surface area (Å²) in [4.78, 5) is 29.0. The van der Waals surface area contributed by atoms with Crippen LogP contribution in [-0.2, 0) is 33.6 Å². The topological polar surface area (TPSA) is 68.3 Å². The van der Waals surface area contributed by atoms with Crippen LogP contribution in [0.2, 0.25) is 0 Å². The number of hydrogen-bond acceptors (Lipinski definition) is 5. The van der Waals surface area contributed by atoms with Crippen LogP contribution in [-0.4, -0.2) is 23.5 Å². The van der Waals surface area contributed by atoms with E-state index >= 15 is 0 Å². The molecule has 1 heterocycles. The van der Waals surface area contributed by atoms with Crippen LogP contribution >= 0.6 is 11.3 Å². The minimum Gasteiger partial charge on any atom is -0.455 e. The molecule has 0 aliphatic rings. The zero-order valence-corrected chi connectivity index (χ0v) is 18.3. The van der Waals surface area contributed by atoms with Gasteiger partial charge in [0, 0.05) is 16.6 Å². The molecule has 0 saturated carbocycles. The Morgan fingerprint density at radius 3 is 2.43 bits per heavy atom. The third kappa shape index (κ3) is 5.54. The van der Waals surface area contributed by atoms with Crippen molar-refractivity contribution < 1.29 is 14.3 Å². The minimum absolute atomic E-state index is 0.0430. The van der Waals surface area contributed by atoms with Crippen LogP contribution < -0.4 is 5.32 Å². The number of nitrogens with zero attached hydrogens (tertiary/aromatic N) is 1. The van der Waals surface area contributed by atoms with Gasteiger partial charge in [-0.05, 0) is 37.0 Å². The number of benzene rings is 2. The third-order valence-electron chi connectivity index (χ3n) is 4.77. The molecule has 0 aliphatic heterocycles. The maximum absolute atomic E-state index is 12.3. The van der Waals surface area contributed by atoms with E-state index < -0.39 is 5.97 Å². The molecule has 2 aromatic carbocycles. The standard InChI is InChI=1S/C24H26N2O3S/c1-4-17-9-7-10-18(5-2)23(17)26-21(27)14-29-22(28)13-20-15-30-24(25-20)19-11-6-8-16(3)12-19/h6-12,15H,4-5,13-14H2,1-3H3,(H,26,27). The van der Waals surface area contributed by atoms with Crippen molar-refractivity contribution in [3.8, 4) is 10.6 Å². The van der Waals surface area contributed by atoms with Gasteiger partial charge < -0.3 is 10.1 Å². The van der Waals surface area contributed by atoms with Gasteiger partial charge in [-0.3, -0.25) is 9.59 Å². The number of aromatic nitrogens is 1. The van der Waals surface area contributed by atoms with Crippen molar-refractivity contribution >= 4 is 28.9 Å². The Bertz CT molecular complexity index is 1020. The number of amides is 1. The average Bonchev–Trinajstić information content (AvgIpc) is 3.21. The number of rotatable bonds is 8. The predicted octanol–water partition coefficient (Wildman–Crippen LogP) is 4.97. The van der Waals surface area contributed by atoms with Gasteiger partial charge in [-0.25, -0.2) is 4.98 Å². The van der Waals surface area contributed by atoms with Crippen molar-refractivity contribution in [2.75, 3.05) is 11.9 Å². The number of nitrogens with one attached hydrogen (secondary N) is 1. The van der Waals surface area contributed by atoms with Gasteiger partial charge in [0.15, 0.2) is 6.61 Å². The summed E-state index contributed by atoms with van der Waals surface area (Å²) < 4.78 is 5.17. The molecular weight excluding hydrogens is 396 g/mol. The Labute approximate surface area is 181 Å². The number of ether oxygens (including phenoxy) is 1. The SMILES string of the molecule is CCc1cccc(CC)c1NC(=O)COC(=O)Cc1csc(-c2cccc(C)c2)n1. The summed E-state index contributed by atoms with van der Waals surface area (Å²) >= 11 is 1.49. The lowest BCUT2D eigenvalue weighted by molar-refractivity contribution is -0.146. The van der Waals surface area contributed by atoms with Crippen LogP contribution in [0.3, 0.4) is 0 Å². The molecule has 0 fully saturated rings. The fourth-order valence-corrected chi connectivity index (χ4v) is 4.04. The van der Waals surface area contributed by atoms with Gasteiger partial charge in [-0.1, -0.05) is 55.8 Å². The van der Waals surface area contributed by atoms with Gasteiger partial charge in [-0.15, -0.1) is 11.3 Å². The molecule has 0 bridgehead atoms. The van der Waals surface area contributed by atoms with Gasteiger partial charge in [0.05, 0.1) is 12.1 Å². The second kappa shape index (κ2) is 10.2. The van der Waals surface area contributed by atoms with E-state index in [9.17, 15) is 9.59 Å². The zero-order valence-electron chi connectivity index (χ0n) is 17.5. The molecular formula is C24H26N2O3S. The van der Waals surface area contributed by atoms with Gasteiger partial charge >= 0.3 is 5.97 Å². The summed E-state index contributed by atoms with van der Waals surface area (Å²) in [6.45, 7) is 5.81. The average molecular weight is 423 g/mol. The van der Waals surface area contributed by atoms with Crippen LogP contribution in [0, 0.1) is 6.92 Å². The van der Waals surface area contributed by atoms with Crippen molar-refractivity contribution in [2.45, 2.75) is 40.0 Å². The van der Waals surface area contributed by atoms with Crippen LogP contribution in [0.4, 0.5) is 5.69 Å². The van der Waals surface area contributed by atoms with E-state index in [1.165, 1.54) is 11.3 Å². The number of carbonyl (C=O) groups excluding carboxylic acids is 2. The number of carbonyl (C=O) groups is 2. The van der Waals surface area contributed by atoms with E-state index in [1.807, 2.05) is 62.5 Å². The van der Waals surface area contributed by atoms with Crippen LogP contribution in [0.15, 0.2) is 47.8 Å². The van der Waals surface area contributed by atoms with E-state index in [4.69, 9.17) is 4.74 Å². The largest absolute Gasteiger partial charge is 0.455 e. The van der Waals surface area contributed by atoms with Gasteiger partial charge in [0.25, 0.3) is 5.91 Å². The number of aryl methyl sites for hydroxylation is 3. The normalized spacial score (nSPS) is 10.6. The first-order valence-corrected chi connectivity index (χ1v) is 11.0. The van der Waals surface area contributed by atoms with Gasteiger partial charge in [0.1, 0.15) is 5.01 Å². The molecule has 1 aromatic heterocycles. The molecule has 0 spiro atoms. The lowest BCUT2D eigenvalue weighted by Crippen LogP contribution is -2.23. The van der Waals surface area contributed by atoms with Crippen LogP contribution in [0.5, 0.6) is 0 Å². The Morgan fingerprint density at radius 1 is 1.07 bits per heavy atom. The van der Waals surface area contributed by atoms with Gasteiger partial charge in [0.2, 0.25) is 0 Å². The Kier molecular flexibility index (Phi) is 7.36.